The van der Waals surface area contributed by atoms with Crippen molar-refractivity contribution in [2.75, 3.05) is 0 Å². The molecule has 0 amide bonds. The van der Waals surface area contributed by atoms with E-state index in [-0.39, 0.29) is 23.9 Å². The normalized spacial score (nSPS) is 29.4. The van der Waals surface area contributed by atoms with Gasteiger partial charge in [-0.2, -0.15) is 0 Å². The summed E-state index contributed by atoms with van der Waals surface area (Å²) in [6.07, 6.45) is 3.20. The van der Waals surface area contributed by atoms with Gasteiger partial charge in [0, 0.05) is 25.3 Å². The lowest BCUT2D eigenvalue weighted by atomic mass is 9.88. The lowest BCUT2D eigenvalue weighted by molar-refractivity contribution is -0.130. The highest BCUT2D eigenvalue weighted by molar-refractivity contribution is 5.88. The van der Waals surface area contributed by atoms with E-state index in [2.05, 4.69) is 24.3 Å². The number of hydrogen-bond donors (Lipinski definition) is 0. The number of para-hydroxylation sites is 1. The molecule has 0 N–H and O–H groups in total. The molecule has 0 aliphatic carbocycles. The first kappa shape index (κ1) is 16.2. The van der Waals surface area contributed by atoms with Crippen molar-refractivity contribution in [3.8, 4) is 0 Å². The number of Topliss-reactive ketones (excluding diaryl/α,β-unsaturated/α-hetero) is 2. The molecule has 2 aliphatic rings. The average molecular weight is 334 g/mol. The molecule has 4 rings (SSSR count). The van der Waals surface area contributed by atoms with Crippen LogP contribution in [-0.2, 0) is 9.59 Å². The first-order valence-corrected chi connectivity index (χ1v) is 9.15. The molecule has 2 fully saturated rings. The predicted molar refractivity (Wildman–Crippen MR) is 99.2 cm³/mol. The fourth-order valence-electron chi connectivity index (χ4n) is 5.32. The van der Waals surface area contributed by atoms with E-state index >= 15 is 0 Å². The second-order valence-corrected chi connectivity index (χ2v) is 7.43. The Morgan fingerprint density at radius 1 is 0.920 bits per heavy atom. The van der Waals surface area contributed by atoms with Gasteiger partial charge in [0.05, 0.1) is 12.8 Å². The third-order valence-corrected chi connectivity index (χ3v) is 6.10. The minimum absolute atomic E-state index is 0.182. The predicted octanol–water partition coefficient (Wildman–Crippen LogP) is 4.22. The molecule has 0 aromatic heterocycles. The summed E-state index contributed by atoms with van der Waals surface area (Å²) in [5, 5.41) is 0. The summed E-state index contributed by atoms with van der Waals surface area (Å²) in [4.78, 5) is 25.2. The van der Waals surface area contributed by atoms with Crippen LogP contribution in [0.5, 0.6) is 0 Å². The molecule has 3 nitrogen and oxygen atoms in total. The van der Waals surface area contributed by atoms with Crippen LogP contribution in [-0.4, -0.2) is 23.7 Å². The highest BCUT2D eigenvalue weighted by atomic mass is 16.1. The van der Waals surface area contributed by atoms with Crippen molar-refractivity contribution in [2.45, 2.75) is 50.7 Å². The highest BCUT2D eigenvalue weighted by Gasteiger charge is 2.60. The number of benzene rings is 2. The Hall–Kier alpha value is -2.26. The molecule has 2 aromatic carbocycles. The molecule has 2 heterocycles. The number of quaternary nitrogens is 1. The van der Waals surface area contributed by atoms with E-state index in [0.717, 1.165) is 18.4 Å². The number of carbonyl (C=O) groups excluding carboxylic acids is 2. The summed E-state index contributed by atoms with van der Waals surface area (Å²) in [5.41, 5.74) is 2.23. The summed E-state index contributed by atoms with van der Waals surface area (Å²) in [6.45, 7) is 1.70. The van der Waals surface area contributed by atoms with Crippen molar-refractivity contribution in [2.24, 2.45) is 0 Å². The zero-order valence-electron chi connectivity index (χ0n) is 14.6. The Labute approximate surface area is 148 Å². The SMILES string of the molecule is CC(=O)C(c1ccccc1)[N+]1(c2ccccc2)C2CCC1CC(=O)C2. The number of rotatable bonds is 4. The molecule has 0 saturated carbocycles. The standard InChI is InChI=1S/C22H24NO2/c1-16(24)22(17-8-4-2-5-9-17)23(18-10-6-3-7-11-18)19-12-13-20(23)15-21(25)14-19/h2-11,19-20,22H,12-15H2,1H3/q+1. The summed E-state index contributed by atoms with van der Waals surface area (Å²) >= 11 is 0. The Bertz CT molecular complexity index is 768. The fraction of sp³-hybridized carbons (Fsp3) is 0.364. The van der Waals surface area contributed by atoms with Gasteiger partial charge in [-0.3, -0.25) is 14.1 Å². The zero-order valence-corrected chi connectivity index (χ0v) is 14.6. The second kappa shape index (κ2) is 6.23. The van der Waals surface area contributed by atoms with Crippen molar-refractivity contribution in [1.82, 2.24) is 4.48 Å². The van der Waals surface area contributed by atoms with Crippen LogP contribution in [0.2, 0.25) is 0 Å². The fourth-order valence-corrected chi connectivity index (χ4v) is 5.32. The highest BCUT2D eigenvalue weighted by Crippen LogP contribution is 2.51. The van der Waals surface area contributed by atoms with E-state index in [1.165, 1.54) is 5.69 Å². The molecule has 128 valence electrons. The number of carbonyl (C=O) groups is 2. The first-order chi connectivity index (χ1) is 12.1. The van der Waals surface area contributed by atoms with Crippen molar-refractivity contribution < 1.29 is 9.59 Å². The molecular formula is C22H24NO2+. The van der Waals surface area contributed by atoms with Crippen molar-refractivity contribution >= 4 is 17.3 Å². The van der Waals surface area contributed by atoms with E-state index in [1.807, 2.05) is 36.4 Å². The molecule has 3 atom stereocenters. The Morgan fingerprint density at radius 3 is 1.96 bits per heavy atom. The van der Waals surface area contributed by atoms with Gasteiger partial charge in [-0.25, -0.2) is 0 Å². The van der Waals surface area contributed by atoms with Crippen molar-refractivity contribution in [3.05, 3.63) is 66.2 Å². The van der Waals surface area contributed by atoms with Gasteiger partial charge < -0.3 is 0 Å². The van der Waals surface area contributed by atoms with Gasteiger partial charge in [0.2, 0.25) is 0 Å². The van der Waals surface area contributed by atoms with Gasteiger partial charge in [0.15, 0.2) is 11.8 Å². The van der Waals surface area contributed by atoms with Gasteiger partial charge >= 0.3 is 0 Å². The van der Waals surface area contributed by atoms with Crippen molar-refractivity contribution in [3.63, 3.8) is 0 Å². The first-order valence-electron chi connectivity index (χ1n) is 9.15. The topological polar surface area (TPSA) is 34.1 Å². The number of nitrogens with zero attached hydrogens (tertiary/aromatic N) is 1. The van der Waals surface area contributed by atoms with Crippen LogP contribution in [0.4, 0.5) is 5.69 Å². The summed E-state index contributed by atoms with van der Waals surface area (Å²) in [6, 6.07) is 20.7. The van der Waals surface area contributed by atoms with Gasteiger partial charge in [-0.05, 0) is 12.1 Å². The lowest BCUT2D eigenvalue weighted by Crippen LogP contribution is -2.65. The summed E-state index contributed by atoms with van der Waals surface area (Å²) in [7, 11) is 0. The monoisotopic (exact) mass is 334 g/mol. The van der Waals surface area contributed by atoms with E-state index in [9.17, 15) is 9.59 Å². The molecule has 2 aliphatic heterocycles. The molecule has 2 aromatic rings. The maximum Gasteiger partial charge on any atom is 0.192 e. The molecule has 25 heavy (non-hydrogen) atoms. The average Bonchev–Trinajstić information content (AvgIpc) is 2.82. The maximum atomic E-state index is 12.9. The van der Waals surface area contributed by atoms with Gasteiger partial charge in [-0.1, -0.05) is 48.5 Å². The molecule has 0 radical (unpaired) electrons. The third-order valence-electron chi connectivity index (χ3n) is 6.10. The third kappa shape index (κ3) is 2.46. The quantitative estimate of drug-likeness (QED) is 0.785. The number of piperidine rings is 1. The minimum atomic E-state index is -0.241. The van der Waals surface area contributed by atoms with Gasteiger partial charge in [-0.15, -0.1) is 0 Å². The van der Waals surface area contributed by atoms with E-state index < -0.39 is 0 Å². The smallest absolute Gasteiger partial charge is 0.192 e. The van der Waals surface area contributed by atoms with E-state index in [0.29, 0.717) is 23.1 Å². The van der Waals surface area contributed by atoms with Crippen LogP contribution < -0.4 is 4.48 Å². The number of fused-ring (bicyclic) bond motifs is 2. The molecule has 2 bridgehead atoms. The second-order valence-electron chi connectivity index (χ2n) is 7.43. The van der Waals surface area contributed by atoms with E-state index in [4.69, 9.17) is 0 Å². The van der Waals surface area contributed by atoms with Crippen LogP contribution in [0.15, 0.2) is 60.7 Å². The lowest BCUT2D eigenvalue weighted by Gasteiger charge is -2.51. The van der Waals surface area contributed by atoms with Crippen molar-refractivity contribution in [1.29, 1.82) is 0 Å². The van der Waals surface area contributed by atoms with Gasteiger partial charge in [0.1, 0.15) is 23.6 Å². The Balaban J connectivity index is 1.95. The van der Waals surface area contributed by atoms with Gasteiger partial charge in [0.25, 0.3) is 0 Å². The van der Waals surface area contributed by atoms with Crippen LogP contribution in [0, 0.1) is 0 Å². The number of hydrogen-bond acceptors (Lipinski definition) is 2. The summed E-state index contributed by atoms with van der Waals surface area (Å²) < 4.78 is 0.631. The molecule has 3 unspecified atom stereocenters. The van der Waals surface area contributed by atoms with Crippen LogP contribution in [0.1, 0.15) is 44.2 Å². The Kier molecular flexibility index (Phi) is 4.04. The van der Waals surface area contributed by atoms with Crippen LogP contribution >= 0.6 is 0 Å². The maximum absolute atomic E-state index is 12.9. The van der Waals surface area contributed by atoms with E-state index in [1.54, 1.807) is 6.92 Å². The minimum Gasteiger partial charge on any atom is -0.299 e. The largest absolute Gasteiger partial charge is 0.299 e. The Morgan fingerprint density at radius 2 is 1.44 bits per heavy atom. The zero-order chi connectivity index (χ0) is 17.4. The number of ketones is 2. The molecule has 0 spiro atoms. The van der Waals surface area contributed by atoms with Crippen LogP contribution in [0.25, 0.3) is 0 Å². The molecule has 3 heteroatoms. The molecule has 2 saturated heterocycles. The van der Waals surface area contributed by atoms with Crippen LogP contribution in [0.3, 0.4) is 0 Å². The molecular weight excluding hydrogens is 310 g/mol. The summed E-state index contributed by atoms with van der Waals surface area (Å²) in [5.74, 6) is 0.536.